The first kappa shape index (κ1) is 26.2. The Kier molecular flexibility index (Phi) is 7.97. The average molecular weight is 508 g/mol. The van der Waals surface area contributed by atoms with Gasteiger partial charge in [-0.25, -0.2) is 9.88 Å². The van der Waals surface area contributed by atoms with Gasteiger partial charge in [-0.2, -0.15) is 0 Å². The Morgan fingerprint density at radius 3 is 2.64 bits per heavy atom. The highest BCUT2D eigenvalue weighted by Gasteiger charge is 2.56. The molecule has 33 heavy (non-hydrogen) atoms. The fourth-order valence-corrected chi connectivity index (χ4v) is 5.44. The van der Waals surface area contributed by atoms with Gasteiger partial charge in [0.1, 0.15) is 24.4 Å². The second-order valence-electron chi connectivity index (χ2n) is 8.57. The van der Waals surface area contributed by atoms with E-state index < -0.39 is 60.2 Å². The zero-order chi connectivity index (χ0) is 24.6. The van der Waals surface area contributed by atoms with Crippen molar-refractivity contribution in [1.82, 2.24) is 14.6 Å². The van der Waals surface area contributed by atoms with Crippen LogP contribution in [0.3, 0.4) is 0 Å². The van der Waals surface area contributed by atoms with Crippen LogP contribution in [0.15, 0.2) is 21.9 Å². The number of aromatic nitrogens is 2. The zero-order valence-corrected chi connectivity index (χ0v) is 20.8. The molecule has 2 aliphatic heterocycles. The molecule has 3 N–H and O–H groups in total. The molecule has 1 aromatic rings. The standard InChI is InChI=1S/C19H30N3O9PS/c1-6-27-17(24)13(10(2)3)21-32(26,33)28-9-11-14-15(31-19(4,5)30-14)16(29-11)22-8-7-12(23)20-18(22)25/h7-8,10-11,13-16H,6,9H2,1-5H3,(H,20,23,25)(H2,21,26,33)/t11-,13+,14-,15-,16-,32?/m1/s1. The Morgan fingerprint density at radius 2 is 2.03 bits per heavy atom. The quantitative estimate of drug-likeness (QED) is 0.314. The SMILES string of the molecule is CCOC(=O)[C@@H](NP(O)(=S)OC[C@H]1O[C@@H](n2ccc(=O)[nH]c2=O)[C@@H]2OC(C)(C)O[C@@H]21)C(C)C. The van der Waals surface area contributed by atoms with Crippen LogP contribution in [0.4, 0.5) is 0 Å². The van der Waals surface area contributed by atoms with E-state index in [2.05, 4.69) is 10.1 Å². The molecule has 0 bridgehead atoms. The van der Waals surface area contributed by atoms with Gasteiger partial charge in [0.05, 0.1) is 13.2 Å². The average Bonchev–Trinajstić information content (AvgIpc) is 3.18. The van der Waals surface area contributed by atoms with Crippen LogP contribution in [0.2, 0.25) is 0 Å². The van der Waals surface area contributed by atoms with Crippen LogP contribution in [0.5, 0.6) is 0 Å². The molecule has 2 fully saturated rings. The Hall–Kier alpha value is -1.44. The van der Waals surface area contributed by atoms with Crippen LogP contribution >= 0.6 is 6.64 Å². The molecular weight excluding hydrogens is 477 g/mol. The molecule has 0 amide bonds. The summed E-state index contributed by atoms with van der Waals surface area (Å²) < 4.78 is 29.7. The summed E-state index contributed by atoms with van der Waals surface area (Å²) in [5.41, 5.74) is -1.20. The van der Waals surface area contributed by atoms with Gasteiger partial charge in [-0.05, 0) is 38.5 Å². The summed E-state index contributed by atoms with van der Waals surface area (Å²) in [5, 5.41) is 2.70. The first-order valence-corrected chi connectivity index (χ1v) is 13.2. The summed E-state index contributed by atoms with van der Waals surface area (Å²) >= 11 is 5.20. The molecular formula is C19H30N3O9PS. The van der Waals surface area contributed by atoms with E-state index in [9.17, 15) is 19.3 Å². The minimum Gasteiger partial charge on any atom is -0.465 e. The van der Waals surface area contributed by atoms with Gasteiger partial charge in [0, 0.05) is 12.3 Å². The van der Waals surface area contributed by atoms with Crippen LogP contribution in [0.25, 0.3) is 0 Å². The molecule has 12 nitrogen and oxygen atoms in total. The van der Waals surface area contributed by atoms with E-state index in [1.54, 1.807) is 34.6 Å². The molecule has 6 atom stereocenters. The van der Waals surface area contributed by atoms with E-state index in [1.807, 2.05) is 0 Å². The molecule has 1 aromatic heterocycles. The smallest absolute Gasteiger partial charge is 0.330 e. The fourth-order valence-electron chi connectivity index (χ4n) is 3.74. The van der Waals surface area contributed by atoms with Crippen molar-refractivity contribution in [3.8, 4) is 0 Å². The second kappa shape index (κ2) is 10.0. The van der Waals surface area contributed by atoms with E-state index in [1.165, 1.54) is 16.8 Å². The Labute approximate surface area is 195 Å². The van der Waals surface area contributed by atoms with E-state index in [0.717, 1.165) is 0 Å². The predicted octanol–water partition coefficient (Wildman–Crippen LogP) is 0.365. The van der Waals surface area contributed by atoms with Crippen molar-refractivity contribution in [3.63, 3.8) is 0 Å². The molecule has 186 valence electrons. The molecule has 3 heterocycles. The third-order valence-electron chi connectivity index (χ3n) is 5.17. The predicted molar refractivity (Wildman–Crippen MR) is 120 cm³/mol. The molecule has 0 aromatic carbocycles. The number of ether oxygens (including phenoxy) is 4. The van der Waals surface area contributed by atoms with Crippen molar-refractivity contribution in [1.29, 1.82) is 0 Å². The molecule has 0 radical (unpaired) electrons. The van der Waals surface area contributed by atoms with Gasteiger partial charge in [0.15, 0.2) is 12.0 Å². The monoisotopic (exact) mass is 507 g/mol. The van der Waals surface area contributed by atoms with Crippen molar-refractivity contribution >= 4 is 24.4 Å². The molecule has 0 aliphatic carbocycles. The number of esters is 1. The number of nitrogens with one attached hydrogen (secondary N) is 2. The van der Waals surface area contributed by atoms with E-state index >= 15 is 0 Å². The van der Waals surface area contributed by atoms with Gasteiger partial charge in [0.2, 0.25) is 0 Å². The second-order valence-corrected chi connectivity index (χ2v) is 11.6. The minimum atomic E-state index is -3.62. The highest BCUT2D eigenvalue weighted by atomic mass is 32.5. The first-order chi connectivity index (χ1) is 15.3. The van der Waals surface area contributed by atoms with Gasteiger partial charge >= 0.3 is 11.7 Å². The Bertz CT molecular complexity index is 1030. The highest BCUT2D eigenvalue weighted by molar-refractivity contribution is 8.08. The number of nitrogens with zero attached hydrogens (tertiary/aromatic N) is 1. The summed E-state index contributed by atoms with van der Waals surface area (Å²) in [6.45, 7) is 5.08. The topological polar surface area (TPSA) is 150 Å². The summed E-state index contributed by atoms with van der Waals surface area (Å²) in [7, 11) is 0. The fraction of sp³-hybridized carbons (Fsp3) is 0.737. The van der Waals surface area contributed by atoms with Crippen LogP contribution < -0.4 is 16.3 Å². The third-order valence-corrected chi connectivity index (χ3v) is 6.91. The summed E-state index contributed by atoms with van der Waals surface area (Å²) in [6.07, 6.45) is -1.65. The maximum Gasteiger partial charge on any atom is 0.330 e. The number of carbonyl (C=O) groups excluding carboxylic acids is 1. The largest absolute Gasteiger partial charge is 0.465 e. The lowest BCUT2D eigenvalue weighted by Crippen LogP contribution is -2.41. The number of fused-ring (bicyclic) bond motifs is 1. The Balaban J connectivity index is 1.74. The molecule has 0 saturated carbocycles. The van der Waals surface area contributed by atoms with Crippen LogP contribution in [-0.4, -0.2) is 63.8 Å². The lowest BCUT2D eigenvalue weighted by Gasteiger charge is -2.28. The summed E-state index contributed by atoms with van der Waals surface area (Å²) in [6, 6.07) is 0.346. The minimum absolute atomic E-state index is 0.191. The van der Waals surface area contributed by atoms with Gasteiger partial charge in [-0.15, -0.1) is 0 Å². The molecule has 2 saturated heterocycles. The Morgan fingerprint density at radius 1 is 1.36 bits per heavy atom. The number of rotatable bonds is 9. The van der Waals surface area contributed by atoms with Crippen molar-refractivity contribution < 1.29 is 33.2 Å². The summed E-state index contributed by atoms with van der Waals surface area (Å²) in [4.78, 5) is 48.8. The number of H-pyrrole nitrogens is 1. The molecule has 14 heteroatoms. The molecule has 2 aliphatic rings. The lowest BCUT2D eigenvalue weighted by atomic mass is 10.1. The third kappa shape index (κ3) is 6.17. The van der Waals surface area contributed by atoms with Gasteiger partial charge in [-0.3, -0.25) is 19.1 Å². The lowest BCUT2D eigenvalue weighted by molar-refractivity contribution is -0.199. The first-order valence-electron chi connectivity index (χ1n) is 10.6. The van der Waals surface area contributed by atoms with Crippen molar-refractivity contribution in [2.24, 2.45) is 5.92 Å². The number of carbonyl (C=O) groups is 1. The number of hydrogen-bond acceptors (Lipinski definition) is 9. The highest BCUT2D eigenvalue weighted by Crippen LogP contribution is 2.45. The number of aromatic amines is 1. The van der Waals surface area contributed by atoms with Crippen molar-refractivity contribution in [2.75, 3.05) is 13.2 Å². The molecule has 3 rings (SSSR count). The van der Waals surface area contributed by atoms with E-state index in [4.69, 9.17) is 35.3 Å². The zero-order valence-electron chi connectivity index (χ0n) is 19.0. The van der Waals surface area contributed by atoms with Crippen LogP contribution in [0, 0.1) is 5.92 Å². The summed E-state index contributed by atoms with van der Waals surface area (Å²) in [5.74, 6) is -1.70. The normalized spacial score (nSPS) is 28.9. The van der Waals surface area contributed by atoms with E-state index in [-0.39, 0.29) is 19.1 Å². The van der Waals surface area contributed by atoms with Gasteiger partial charge in [0.25, 0.3) is 12.2 Å². The maximum atomic E-state index is 12.3. The molecule has 1 unspecified atom stereocenters. The van der Waals surface area contributed by atoms with Gasteiger partial charge < -0.3 is 28.4 Å². The van der Waals surface area contributed by atoms with Crippen molar-refractivity contribution in [3.05, 3.63) is 33.1 Å². The maximum absolute atomic E-state index is 12.3. The van der Waals surface area contributed by atoms with Gasteiger partial charge in [-0.1, -0.05) is 13.8 Å². The van der Waals surface area contributed by atoms with Crippen LogP contribution in [0.1, 0.15) is 40.8 Å². The van der Waals surface area contributed by atoms with Crippen LogP contribution in [-0.2, 0) is 40.1 Å². The van der Waals surface area contributed by atoms with E-state index in [0.29, 0.717) is 0 Å². The number of hydrogen-bond donors (Lipinski definition) is 3. The van der Waals surface area contributed by atoms with Crippen molar-refractivity contribution in [2.45, 2.75) is 71.0 Å². The molecule has 0 spiro atoms.